The van der Waals surface area contributed by atoms with Gasteiger partial charge in [-0.25, -0.2) is 0 Å². The van der Waals surface area contributed by atoms with E-state index in [4.69, 9.17) is 0 Å². The lowest BCUT2D eigenvalue weighted by Gasteiger charge is -2.27. The lowest BCUT2D eigenvalue weighted by molar-refractivity contribution is 1.34. The molecule has 0 fully saturated rings. The lowest BCUT2D eigenvalue weighted by atomic mass is 10.4. The van der Waals surface area contributed by atoms with Crippen molar-refractivity contribution >= 4 is 18.4 Å². The zero-order valence-electron chi connectivity index (χ0n) is 9.71. The smallest absolute Gasteiger partial charge is 0.125 e. The molecule has 0 aliphatic carbocycles. The van der Waals surface area contributed by atoms with Gasteiger partial charge in [0.15, 0.2) is 0 Å². The summed E-state index contributed by atoms with van der Waals surface area (Å²) in [5.41, 5.74) is 0. The number of aromatic nitrogens is 1. The van der Waals surface area contributed by atoms with E-state index in [1.54, 1.807) is 0 Å². The van der Waals surface area contributed by atoms with Crippen LogP contribution < -0.4 is 10.4 Å². The van der Waals surface area contributed by atoms with Crippen molar-refractivity contribution in [2.24, 2.45) is 0 Å². The van der Waals surface area contributed by atoms with E-state index in [0.717, 1.165) is 0 Å². The Hall–Kier alpha value is -1.67. The van der Waals surface area contributed by atoms with Gasteiger partial charge < -0.3 is 0 Å². The van der Waals surface area contributed by atoms with Crippen LogP contribution in [0, 0.1) is 0 Å². The van der Waals surface area contributed by atoms with E-state index in [2.05, 4.69) is 59.6 Å². The third-order valence-electron chi connectivity index (χ3n) is 3.66. The number of rotatable bonds is 2. The van der Waals surface area contributed by atoms with Crippen LogP contribution in [0.1, 0.15) is 0 Å². The Labute approximate surface area is 103 Å². The molecule has 0 saturated carbocycles. The number of allylic oxidation sites excluding steroid dienone is 2. The molecule has 0 radical (unpaired) electrons. The van der Waals surface area contributed by atoms with E-state index >= 15 is 0 Å². The predicted molar refractivity (Wildman–Crippen MR) is 74.5 cm³/mol. The molecule has 1 aromatic carbocycles. The first kappa shape index (κ1) is 10.5. The molecule has 0 bridgehead atoms. The molecule has 1 nitrogen and oxygen atoms in total. The van der Waals surface area contributed by atoms with Gasteiger partial charge in [0.1, 0.15) is 8.07 Å². The molecule has 2 heteroatoms. The summed E-state index contributed by atoms with van der Waals surface area (Å²) in [4.78, 5) is 4.14. The molecule has 2 heterocycles. The van der Waals surface area contributed by atoms with Crippen molar-refractivity contribution in [2.45, 2.75) is 12.1 Å². The van der Waals surface area contributed by atoms with Gasteiger partial charge >= 0.3 is 0 Å². The molecule has 2 aromatic rings. The Kier molecular flexibility index (Phi) is 2.65. The van der Waals surface area contributed by atoms with Crippen LogP contribution in [0.15, 0.2) is 67.0 Å². The van der Waals surface area contributed by atoms with Crippen molar-refractivity contribution in [3.63, 3.8) is 0 Å². The van der Waals surface area contributed by atoms with Gasteiger partial charge in [-0.1, -0.05) is 52.9 Å². The minimum absolute atomic E-state index is 1.22. The number of hydrogen-bond acceptors (Lipinski definition) is 1. The van der Waals surface area contributed by atoms with E-state index in [1.807, 2.05) is 12.4 Å². The van der Waals surface area contributed by atoms with Crippen molar-refractivity contribution in [3.05, 3.63) is 67.0 Å². The first-order chi connectivity index (χ1) is 8.42. The lowest BCUT2D eigenvalue weighted by Crippen LogP contribution is -2.56. The van der Waals surface area contributed by atoms with Crippen molar-refractivity contribution in [3.8, 4) is 0 Å². The van der Waals surface area contributed by atoms with Gasteiger partial charge in [0, 0.05) is 12.4 Å². The van der Waals surface area contributed by atoms with Gasteiger partial charge in [-0.2, -0.15) is 0 Å². The number of pyridine rings is 1. The average molecular weight is 237 g/mol. The average Bonchev–Trinajstić information content (AvgIpc) is 2.91. The van der Waals surface area contributed by atoms with Gasteiger partial charge in [-0.3, -0.25) is 4.98 Å². The molecular weight excluding hydrogens is 222 g/mol. The Morgan fingerprint density at radius 2 is 1.35 bits per heavy atom. The van der Waals surface area contributed by atoms with Gasteiger partial charge in [-0.15, -0.1) is 0 Å². The van der Waals surface area contributed by atoms with Gasteiger partial charge in [0.05, 0.1) is 0 Å². The van der Waals surface area contributed by atoms with Crippen LogP contribution in [0.25, 0.3) is 0 Å². The fourth-order valence-electron chi connectivity index (χ4n) is 2.72. The monoisotopic (exact) mass is 237 g/mol. The maximum absolute atomic E-state index is 4.14. The normalized spacial score (nSPS) is 17.2. The molecule has 1 aliphatic rings. The molecule has 84 valence electrons. The maximum atomic E-state index is 4.14. The number of hydrogen-bond donors (Lipinski definition) is 0. The van der Waals surface area contributed by atoms with Gasteiger partial charge in [-0.05, 0) is 24.2 Å². The zero-order valence-corrected chi connectivity index (χ0v) is 10.7. The quantitative estimate of drug-likeness (QED) is 0.576. The van der Waals surface area contributed by atoms with Crippen LogP contribution >= 0.6 is 0 Å². The van der Waals surface area contributed by atoms with Crippen LogP contribution in [0.3, 0.4) is 0 Å². The summed E-state index contributed by atoms with van der Waals surface area (Å²) in [6, 6.07) is 17.8. The second kappa shape index (κ2) is 4.30. The highest BCUT2D eigenvalue weighted by molar-refractivity contribution is 7.03. The molecule has 1 aliphatic heterocycles. The summed E-state index contributed by atoms with van der Waals surface area (Å²) >= 11 is 0. The molecule has 0 saturated heterocycles. The van der Waals surface area contributed by atoms with Crippen molar-refractivity contribution in [2.75, 3.05) is 0 Å². The SMILES string of the molecule is C1=CC[Si](c2ccccc2)(c2ccncc2)C1. The Morgan fingerprint density at radius 3 is 2.00 bits per heavy atom. The van der Waals surface area contributed by atoms with E-state index in [9.17, 15) is 0 Å². The Balaban J connectivity index is 2.12. The summed E-state index contributed by atoms with van der Waals surface area (Å²) in [6.07, 6.45) is 8.54. The highest BCUT2D eigenvalue weighted by atomic mass is 28.3. The minimum atomic E-state index is -1.54. The summed E-state index contributed by atoms with van der Waals surface area (Å²) in [7, 11) is -1.54. The maximum Gasteiger partial charge on any atom is 0.125 e. The first-order valence-corrected chi connectivity index (χ1v) is 8.44. The van der Waals surface area contributed by atoms with Crippen molar-refractivity contribution in [1.29, 1.82) is 0 Å². The second-order valence-corrected chi connectivity index (χ2v) is 8.70. The molecule has 0 atom stereocenters. The molecule has 0 N–H and O–H groups in total. The summed E-state index contributed by atoms with van der Waals surface area (Å²) in [6.45, 7) is 0. The molecular formula is C15H15NSi. The topological polar surface area (TPSA) is 12.9 Å². The van der Waals surface area contributed by atoms with Crippen LogP contribution in [-0.2, 0) is 0 Å². The Bertz CT molecular complexity index is 470. The number of nitrogens with zero attached hydrogens (tertiary/aromatic N) is 1. The Morgan fingerprint density at radius 1 is 0.765 bits per heavy atom. The second-order valence-electron chi connectivity index (χ2n) is 4.56. The summed E-state index contributed by atoms with van der Waals surface area (Å²) in [5, 5.41) is 3.04. The predicted octanol–water partition coefficient (Wildman–Crippen LogP) is 2.21. The van der Waals surface area contributed by atoms with Crippen molar-refractivity contribution < 1.29 is 0 Å². The molecule has 1 aromatic heterocycles. The first-order valence-electron chi connectivity index (χ1n) is 6.03. The highest BCUT2D eigenvalue weighted by Gasteiger charge is 2.37. The third-order valence-corrected chi connectivity index (χ3v) is 8.40. The fourth-order valence-corrected chi connectivity index (χ4v) is 6.92. The molecule has 0 unspecified atom stereocenters. The molecule has 0 spiro atoms. The van der Waals surface area contributed by atoms with Crippen LogP contribution in [-0.4, -0.2) is 13.1 Å². The summed E-state index contributed by atoms with van der Waals surface area (Å²) < 4.78 is 0. The zero-order chi connectivity index (χ0) is 11.6. The third kappa shape index (κ3) is 1.74. The van der Waals surface area contributed by atoms with E-state index < -0.39 is 8.07 Å². The van der Waals surface area contributed by atoms with Crippen LogP contribution in [0.2, 0.25) is 12.1 Å². The van der Waals surface area contributed by atoms with E-state index in [-0.39, 0.29) is 0 Å². The number of benzene rings is 1. The van der Waals surface area contributed by atoms with Crippen molar-refractivity contribution in [1.82, 2.24) is 4.98 Å². The van der Waals surface area contributed by atoms with E-state index in [1.165, 1.54) is 22.5 Å². The van der Waals surface area contributed by atoms with Crippen LogP contribution in [0.4, 0.5) is 0 Å². The molecule has 17 heavy (non-hydrogen) atoms. The molecule has 3 rings (SSSR count). The van der Waals surface area contributed by atoms with Gasteiger partial charge in [0.2, 0.25) is 0 Å². The largest absolute Gasteiger partial charge is 0.265 e. The fraction of sp³-hybridized carbons (Fsp3) is 0.133. The minimum Gasteiger partial charge on any atom is -0.265 e. The van der Waals surface area contributed by atoms with Gasteiger partial charge in [0.25, 0.3) is 0 Å². The highest BCUT2D eigenvalue weighted by Crippen LogP contribution is 2.23. The van der Waals surface area contributed by atoms with Crippen LogP contribution in [0.5, 0.6) is 0 Å². The summed E-state index contributed by atoms with van der Waals surface area (Å²) in [5.74, 6) is 0. The standard InChI is InChI=1S/C15H15NSi/c1-2-6-14(7-3-1)17(12-4-5-13-17)15-8-10-16-11-9-15/h1-11H,12-13H2. The molecule has 0 amide bonds. The van der Waals surface area contributed by atoms with E-state index in [0.29, 0.717) is 0 Å².